The van der Waals surface area contributed by atoms with Crippen molar-refractivity contribution >= 4 is 0 Å². The second kappa shape index (κ2) is 1.97. The summed E-state index contributed by atoms with van der Waals surface area (Å²) in [5, 5.41) is 0. The SMILES string of the molecule is FC1OC2=CC=CC=CC21. The average molecular weight is 138 g/mol. The molecule has 52 valence electrons. The van der Waals surface area contributed by atoms with Crippen LogP contribution in [0.1, 0.15) is 0 Å². The molecule has 2 heteroatoms. The van der Waals surface area contributed by atoms with Gasteiger partial charge in [0.25, 0.3) is 6.36 Å². The molecule has 1 heterocycles. The number of fused-ring (bicyclic) bond motifs is 1. The van der Waals surface area contributed by atoms with Gasteiger partial charge in [0, 0.05) is 0 Å². The molecule has 2 rings (SSSR count). The summed E-state index contributed by atoms with van der Waals surface area (Å²) in [6.07, 6.45) is 8.02. The summed E-state index contributed by atoms with van der Waals surface area (Å²) in [6, 6.07) is 0. The molecule has 10 heavy (non-hydrogen) atoms. The van der Waals surface area contributed by atoms with Gasteiger partial charge in [-0.2, -0.15) is 0 Å². The maximum absolute atomic E-state index is 12.5. The Labute approximate surface area is 58.5 Å². The minimum Gasteiger partial charge on any atom is -0.463 e. The van der Waals surface area contributed by atoms with Gasteiger partial charge in [0.05, 0.1) is 0 Å². The standard InChI is InChI=1S/C8H7FO/c9-8-6-4-2-1-3-5-7(6)10-8/h1-6,8H. The zero-order valence-corrected chi connectivity index (χ0v) is 5.33. The van der Waals surface area contributed by atoms with Crippen LogP contribution in [-0.4, -0.2) is 6.36 Å². The molecule has 2 unspecified atom stereocenters. The summed E-state index contributed by atoms with van der Waals surface area (Å²) in [5.74, 6) is 0.604. The van der Waals surface area contributed by atoms with E-state index in [0.29, 0.717) is 0 Å². The van der Waals surface area contributed by atoms with Crippen molar-refractivity contribution < 1.29 is 9.13 Å². The number of halogens is 1. The number of ether oxygens (including phenoxy) is 1. The largest absolute Gasteiger partial charge is 0.463 e. The van der Waals surface area contributed by atoms with Crippen LogP contribution in [0.15, 0.2) is 36.1 Å². The number of rotatable bonds is 0. The van der Waals surface area contributed by atoms with Crippen molar-refractivity contribution in [2.75, 3.05) is 0 Å². The summed E-state index contributed by atoms with van der Waals surface area (Å²) >= 11 is 0. The smallest absolute Gasteiger partial charge is 0.251 e. The summed E-state index contributed by atoms with van der Waals surface area (Å²) < 4.78 is 17.2. The van der Waals surface area contributed by atoms with Crippen LogP contribution in [0.4, 0.5) is 4.39 Å². The zero-order chi connectivity index (χ0) is 6.97. The van der Waals surface area contributed by atoms with Gasteiger partial charge in [-0.15, -0.1) is 0 Å². The zero-order valence-electron chi connectivity index (χ0n) is 5.33. The lowest BCUT2D eigenvalue weighted by Crippen LogP contribution is -2.31. The normalized spacial score (nSPS) is 35.1. The van der Waals surface area contributed by atoms with Crippen molar-refractivity contribution in [2.45, 2.75) is 6.36 Å². The molecule has 0 radical (unpaired) electrons. The van der Waals surface area contributed by atoms with Gasteiger partial charge in [0.1, 0.15) is 11.7 Å². The van der Waals surface area contributed by atoms with Gasteiger partial charge in [-0.3, -0.25) is 0 Å². The van der Waals surface area contributed by atoms with E-state index in [0.717, 1.165) is 5.76 Å². The van der Waals surface area contributed by atoms with E-state index in [1.807, 2.05) is 24.3 Å². The van der Waals surface area contributed by atoms with Crippen LogP contribution in [0.2, 0.25) is 0 Å². The fourth-order valence-electron chi connectivity index (χ4n) is 1.07. The van der Waals surface area contributed by atoms with E-state index in [-0.39, 0.29) is 5.92 Å². The minimum absolute atomic E-state index is 0.130. The third-order valence-electron chi connectivity index (χ3n) is 1.66. The van der Waals surface area contributed by atoms with Gasteiger partial charge in [-0.1, -0.05) is 24.3 Å². The maximum atomic E-state index is 12.5. The first-order valence-electron chi connectivity index (χ1n) is 3.24. The van der Waals surface area contributed by atoms with E-state index < -0.39 is 6.36 Å². The minimum atomic E-state index is -1.12. The number of hydrogen-bond acceptors (Lipinski definition) is 1. The van der Waals surface area contributed by atoms with E-state index in [1.165, 1.54) is 0 Å². The van der Waals surface area contributed by atoms with Gasteiger partial charge in [0.15, 0.2) is 0 Å². The van der Waals surface area contributed by atoms with Crippen LogP contribution < -0.4 is 0 Å². The van der Waals surface area contributed by atoms with E-state index in [4.69, 9.17) is 4.74 Å². The average Bonchev–Trinajstić information content (AvgIpc) is 2.09. The highest BCUT2D eigenvalue weighted by molar-refractivity contribution is 5.27. The lowest BCUT2D eigenvalue weighted by atomic mass is 10.0. The summed E-state index contributed by atoms with van der Waals surface area (Å²) in [6.45, 7) is 0. The first kappa shape index (κ1) is 5.71. The topological polar surface area (TPSA) is 9.23 Å². The Bertz CT molecular complexity index is 227. The molecule has 1 aliphatic heterocycles. The molecule has 1 aliphatic carbocycles. The van der Waals surface area contributed by atoms with Crippen molar-refractivity contribution in [1.29, 1.82) is 0 Å². The third kappa shape index (κ3) is 0.685. The molecule has 0 aromatic rings. The molecule has 0 amide bonds. The van der Waals surface area contributed by atoms with Crippen LogP contribution in [0.25, 0.3) is 0 Å². The maximum Gasteiger partial charge on any atom is 0.251 e. The molecule has 2 aliphatic rings. The molecule has 0 spiro atoms. The monoisotopic (exact) mass is 138 g/mol. The molecule has 1 fully saturated rings. The van der Waals surface area contributed by atoms with E-state index in [1.54, 1.807) is 6.08 Å². The summed E-state index contributed by atoms with van der Waals surface area (Å²) in [5.41, 5.74) is 0. The second-order valence-electron chi connectivity index (χ2n) is 2.33. The lowest BCUT2D eigenvalue weighted by Gasteiger charge is -2.31. The fraction of sp³-hybridized carbons (Fsp3) is 0.250. The Morgan fingerprint density at radius 1 is 1.30 bits per heavy atom. The first-order chi connectivity index (χ1) is 4.88. The second-order valence-corrected chi connectivity index (χ2v) is 2.33. The molecule has 2 atom stereocenters. The number of hydrogen-bond donors (Lipinski definition) is 0. The Balaban J connectivity index is 2.25. The van der Waals surface area contributed by atoms with Crippen LogP contribution in [0.5, 0.6) is 0 Å². The van der Waals surface area contributed by atoms with Crippen LogP contribution >= 0.6 is 0 Å². The fourth-order valence-corrected chi connectivity index (χ4v) is 1.07. The van der Waals surface area contributed by atoms with E-state index >= 15 is 0 Å². The summed E-state index contributed by atoms with van der Waals surface area (Å²) in [7, 11) is 0. The van der Waals surface area contributed by atoms with Gasteiger partial charge in [-0.25, -0.2) is 4.39 Å². The lowest BCUT2D eigenvalue weighted by molar-refractivity contribution is -0.110. The van der Waals surface area contributed by atoms with Gasteiger partial charge < -0.3 is 4.74 Å². The quantitative estimate of drug-likeness (QED) is 0.497. The van der Waals surface area contributed by atoms with Gasteiger partial charge in [0.2, 0.25) is 0 Å². The highest BCUT2D eigenvalue weighted by Gasteiger charge is 2.36. The molecule has 1 nitrogen and oxygen atoms in total. The van der Waals surface area contributed by atoms with Crippen LogP contribution in [0.3, 0.4) is 0 Å². The van der Waals surface area contributed by atoms with Crippen molar-refractivity contribution in [1.82, 2.24) is 0 Å². The molecule has 0 aromatic heterocycles. The highest BCUT2D eigenvalue weighted by atomic mass is 19.1. The Hall–Kier alpha value is -1.05. The van der Waals surface area contributed by atoms with Crippen molar-refractivity contribution in [3.05, 3.63) is 36.1 Å². The van der Waals surface area contributed by atoms with Crippen molar-refractivity contribution in [3.8, 4) is 0 Å². The number of alkyl halides is 1. The summed E-state index contributed by atoms with van der Waals surface area (Å²) in [4.78, 5) is 0. The van der Waals surface area contributed by atoms with Crippen molar-refractivity contribution in [3.63, 3.8) is 0 Å². The molecule has 0 aromatic carbocycles. The first-order valence-corrected chi connectivity index (χ1v) is 3.24. The Kier molecular flexibility index (Phi) is 1.13. The Morgan fingerprint density at radius 2 is 2.20 bits per heavy atom. The Morgan fingerprint density at radius 3 is 3.00 bits per heavy atom. The third-order valence-corrected chi connectivity index (χ3v) is 1.66. The predicted octanol–water partition coefficient (Wildman–Crippen LogP) is 1.94. The van der Waals surface area contributed by atoms with Gasteiger partial charge >= 0.3 is 0 Å². The van der Waals surface area contributed by atoms with Crippen LogP contribution in [0, 0.1) is 5.92 Å². The van der Waals surface area contributed by atoms with Gasteiger partial charge in [-0.05, 0) is 6.08 Å². The highest BCUT2D eigenvalue weighted by Crippen LogP contribution is 2.35. The number of allylic oxidation sites excluding steroid dienone is 4. The van der Waals surface area contributed by atoms with Crippen molar-refractivity contribution in [2.24, 2.45) is 5.92 Å². The van der Waals surface area contributed by atoms with E-state index in [2.05, 4.69) is 0 Å². The molecular formula is C8H7FO. The molecular weight excluding hydrogens is 131 g/mol. The molecule has 0 saturated carbocycles. The molecule has 1 saturated heterocycles. The molecule has 0 N–H and O–H groups in total. The van der Waals surface area contributed by atoms with E-state index in [9.17, 15) is 4.39 Å². The van der Waals surface area contributed by atoms with Crippen LogP contribution in [-0.2, 0) is 4.74 Å². The predicted molar refractivity (Wildman–Crippen MR) is 35.8 cm³/mol. The molecule has 0 bridgehead atoms.